The molecule has 0 saturated carbocycles. The number of aromatic nitrogens is 1. The lowest BCUT2D eigenvalue weighted by Gasteiger charge is -2.28. The first-order chi connectivity index (χ1) is 30.2. The van der Waals surface area contributed by atoms with Gasteiger partial charge in [0.15, 0.2) is 0 Å². The van der Waals surface area contributed by atoms with Crippen molar-refractivity contribution in [2.45, 2.75) is 51.7 Å². The Morgan fingerprint density at radius 3 is 2.18 bits per heavy atom. The number of para-hydroxylation sites is 2. The van der Waals surface area contributed by atoms with Crippen molar-refractivity contribution in [2.24, 2.45) is 15.9 Å². The number of ether oxygens (including phenoxy) is 1. The van der Waals surface area contributed by atoms with Crippen LogP contribution in [0.3, 0.4) is 0 Å². The minimum Gasteiger partial charge on any atom is -0.488 e. The van der Waals surface area contributed by atoms with Crippen molar-refractivity contribution in [2.75, 3.05) is 4.90 Å². The number of rotatable bonds is 8. The molecule has 304 valence electrons. The lowest BCUT2D eigenvalue weighted by atomic mass is 9.91. The van der Waals surface area contributed by atoms with Gasteiger partial charge in [0.05, 0.1) is 22.8 Å². The number of anilines is 2. The van der Waals surface area contributed by atoms with Gasteiger partial charge in [-0.2, -0.15) is 0 Å². The Morgan fingerprint density at radius 2 is 1.39 bits per heavy atom. The summed E-state index contributed by atoms with van der Waals surface area (Å²) in [5.41, 5.74) is 12.4. The molecule has 1 aromatic heterocycles. The van der Waals surface area contributed by atoms with E-state index in [0.29, 0.717) is 5.70 Å². The predicted molar refractivity (Wildman–Crippen MR) is 261 cm³/mol. The van der Waals surface area contributed by atoms with Crippen molar-refractivity contribution in [1.29, 1.82) is 0 Å². The number of hydrogen-bond acceptors (Lipinski definition) is 3. The van der Waals surface area contributed by atoms with E-state index in [0.717, 1.165) is 57.2 Å². The normalized spacial score (nSPS) is 18.4. The van der Waals surface area contributed by atoms with Crippen LogP contribution in [0.15, 0.2) is 205 Å². The van der Waals surface area contributed by atoms with Gasteiger partial charge in [-0.05, 0) is 117 Å². The minimum atomic E-state index is -0.412. The van der Waals surface area contributed by atoms with E-state index in [4.69, 9.17) is 14.7 Å². The van der Waals surface area contributed by atoms with Crippen LogP contribution in [-0.2, 0) is 0 Å². The fourth-order valence-corrected chi connectivity index (χ4v) is 9.21. The molecule has 62 heavy (non-hydrogen) atoms. The lowest BCUT2D eigenvalue weighted by molar-refractivity contribution is 0.131. The van der Waals surface area contributed by atoms with Crippen LogP contribution in [-0.4, -0.2) is 27.8 Å². The van der Waals surface area contributed by atoms with E-state index in [1.54, 1.807) is 0 Å². The second kappa shape index (κ2) is 16.0. The molecule has 2 aliphatic carbocycles. The Hall–Kier alpha value is -7.24. The third kappa shape index (κ3) is 7.45. The standard InChI is InChI=1S/C57H50N4O/c1-38(40-19-9-6-10-20-40)58-56(41-21-11-7-12-22-41)59-39(2)43-33-44(35-47(34-43)62-57(3,4)5)42-29-31-50-48-25-15-17-27-52(48)61(55(50)36-42)46-30-32-54-51(37-46)49-26-16-18-28-53(49)60(54)45-23-13-8-14-24-45/h6-21,23-37,41,49,53H,2,22H2,1,3-5H3. The number of aliphatic imine (C=N–C) groups is 2. The zero-order valence-electron chi connectivity index (χ0n) is 35.7. The van der Waals surface area contributed by atoms with E-state index in [1.807, 2.05) is 25.1 Å². The molecular formula is C57H50N4O. The maximum Gasteiger partial charge on any atom is 0.136 e. The fraction of sp³-hybridized carbons (Fsp3) is 0.158. The highest BCUT2D eigenvalue weighted by molar-refractivity contribution is 6.11. The zero-order valence-corrected chi connectivity index (χ0v) is 35.7. The van der Waals surface area contributed by atoms with Crippen molar-refractivity contribution >= 4 is 50.4 Å². The van der Waals surface area contributed by atoms with Crippen LogP contribution in [0.1, 0.15) is 56.7 Å². The van der Waals surface area contributed by atoms with Crippen molar-refractivity contribution in [3.63, 3.8) is 0 Å². The molecule has 0 bridgehead atoms. The summed E-state index contributed by atoms with van der Waals surface area (Å²) in [6, 6.07) is 50.2. The molecule has 0 saturated heterocycles. The third-order valence-corrected chi connectivity index (χ3v) is 12.0. The Morgan fingerprint density at radius 1 is 0.645 bits per heavy atom. The molecule has 3 aliphatic rings. The Bertz CT molecular complexity index is 3040. The average molecular weight is 807 g/mol. The lowest BCUT2D eigenvalue weighted by Crippen LogP contribution is -2.28. The number of nitrogens with zero attached hydrogens (tertiary/aromatic N) is 4. The highest BCUT2D eigenvalue weighted by Gasteiger charge is 2.37. The van der Waals surface area contributed by atoms with Gasteiger partial charge in [-0.3, -0.25) is 0 Å². The molecular weight excluding hydrogens is 757 g/mol. The van der Waals surface area contributed by atoms with Crippen molar-refractivity contribution in [3.8, 4) is 22.6 Å². The van der Waals surface area contributed by atoms with Gasteiger partial charge in [-0.25, -0.2) is 9.98 Å². The molecule has 5 nitrogen and oxygen atoms in total. The highest BCUT2D eigenvalue weighted by atomic mass is 16.5. The summed E-state index contributed by atoms with van der Waals surface area (Å²) in [7, 11) is 0. The van der Waals surface area contributed by atoms with E-state index in [1.165, 1.54) is 33.2 Å². The number of hydrogen-bond donors (Lipinski definition) is 0. The fourth-order valence-electron chi connectivity index (χ4n) is 9.21. The van der Waals surface area contributed by atoms with Crippen molar-refractivity contribution in [3.05, 3.63) is 211 Å². The molecule has 2 heterocycles. The summed E-state index contributed by atoms with van der Waals surface area (Å²) in [4.78, 5) is 12.8. The van der Waals surface area contributed by atoms with Crippen LogP contribution in [0.2, 0.25) is 0 Å². The van der Waals surface area contributed by atoms with Gasteiger partial charge < -0.3 is 14.2 Å². The van der Waals surface area contributed by atoms with Crippen molar-refractivity contribution < 1.29 is 4.74 Å². The van der Waals surface area contributed by atoms with Gasteiger partial charge in [0, 0.05) is 50.9 Å². The van der Waals surface area contributed by atoms with E-state index in [9.17, 15) is 0 Å². The summed E-state index contributed by atoms with van der Waals surface area (Å²) in [6.45, 7) is 12.8. The topological polar surface area (TPSA) is 42.1 Å². The third-order valence-electron chi connectivity index (χ3n) is 12.0. The zero-order chi connectivity index (χ0) is 42.4. The second-order valence-electron chi connectivity index (χ2n) is 17.4. The van der Waals surface area contributed by atoms with E-state index in [-0.39, 0.29) is 17.9 Å². The largest absolute Gasteiger partial charge is 0.488 e. The molecule has 6 aromatic carbocycles. The minimum absolute atomic E-state index is 0.0327. The van der Waals surface area contributed by atoms with Gasteiger partial charge in [0.2, 0.25) is 0 Å². The number of benzene rings is 6. The van der Waals surface area contributed by atoms with Gasteiger partial charge in [-0.1, -0.05) is 134 Å². The molecule has 10 rings (SSSR count). The van der Waals surface area contributed by atoms with Gasteiger partial charge in [-0.15, -0.1) is 0 Å². The molecule has 3 atom stereocenters. The Balaban J connectivity index is 1.09. The average Bonchev–Trinajstić information content (AvgIpc) is 3.81. The molecule has 3 unspecified atom stereocenters. The number of fused-ring (bicyclic) bond motifs is 6. The molecule has 5 heteroatoms. The van der Waals surface area contributed by atoms with Crippen molar-refractivity contribution in [1.82, 2.24) is 4.57 Å². The first-order valence-corrected chi connectivity index (χ1v) is 21.6. The summed E-state index contributed by atoms with van der Waals surface area (Å²) >= 11 is 0. The first-order valence-electron chi connectivity index (χ1n) is 21.6. The maximum atomic E-state index is 6.60. The summed E-state index contributed by atoms with van der Waals surface area (Å²) in [5.74, 6) is 1.78. The number of allylic oxidation sites excluding steroid dienone is 5. The van der Waals surface area contributed by atoms with Crippen LogP contribution in [0.5, 0.6) is 5.75 Å². The molecule has 0 spiro atoms. The molecule has 0 radical (unpaired) electrons. The first kappa shape index (κ1) is 38.9. The van der Waals surface area contributed by atoms with Crippen LogP contribution < -0.4 is 9.64 Å². The van der Waals surface area contributed by atoms with E-state index in [2.05, 4.69) is 207 Å². The van der Waals surface area contributed by atoms with Gasteiger partial charge in [0.1, 0.15) is 17.2 Å². The maximum absolute atomic E-state index is 6.60. The predicted octanol–water partition coefficient (Wildman–Crippen LogP) is 14.4. The number of amidine groups is 1. The summed E-state index contributed by atoms with van der Waals surface area (Å²) in [5, 5.41) is 2.42. The SMILES string of the molecule is C=C(N=C(N=C(C)c1ccccc1)C1C=CC=CC1)c1cc(OC(C)(C)C)cc(-c2ccc3c4ccccc4n(-c4ccc5c(c4)C4C=CC=CC4N5c4ccccc4)c3c2)c1. The molecule has 0 N–H and O–H groups in total. The van der Waals surface area contributed by atoms with E-state index < -0.39 is 5.60 Å². The van der Waals surface area contributed by atoms with Crippen LogP contribution in [0.4, 0.5) is 11.4 Å². The van der Waals surface area contributed by atoms with Crippen LogP contribution in [0.25, 0.3) is 44.3 Å². The van der Waals surface area contributed by atoms with E-state index >= 15 is 0 Å². The monoisotopic (exact) mass is 806 g/mol. The van der Waals surface area contributed by atoms with Gasteiger partial charge in [0.25, 0.3) is 0 Å². The summed E-state index contributed by atoms with van der Waals surface area (Å²) in [6.07, 6.45) is 18.4. The second-order valence-corrected chi connectivity index (χ2v) is 17.4. The van der Waals surface area contributed by atoms with Crippen LogP contribution in [0, 0.1) is 5.92 Å². The molecule has 0 amide bonds. The highest BCUT2D eigenvalue weighted by Crippen LogP contribution is 2.49. The molecule has 0 fully saturated rings. The van der Waals surface area contributed by atoms with Crippen LogP contribution >= 0.6 is 0 Å². The molecule has 7 aromatic rings. The Labute approximate surface area is 364 Å². The van der Waals surface area contributed by atoms with Gasteiger partial charge >= 0.3 is 0 Å². The quantitative estimate of drug-likeness (QED) is 0.113. The Kier molecular flexibility index (Phi) is 10.0. The summed E-state index contributed by atoms with van der Waals surface area (Å²) < 4.78 is 9.03. The molecule has 1 aliphatic heterocycles. The smallest absolute Gasteiger partial charge is 0.136 e.